The van der Waals surface area contributed by atoms with Gasteiger partial charge in [0.2, 0.25) is 11.8 Å². The van der Waals surface area contributed by atoms with Crippen molar-refractivity contribution < 1.29 is 32.3 Å². The Morgan fingerprint density at radius 1 is 1.02 bits per heavy atom. The first-order valence-electron chi connectivity index (χ1n) is 16.1. The number of hydrogen-bond donors (Lipinski definition) is 2. The standard InChI is InChI=1S/C35H39N5O7S/c1-40-18-12-4-3-9-15-24-21-35(24,34(43)39-48(44,45)26-16-10-6-11-17-26)38-31(41)27-19-25(20-28(27)33(40)42)47-29-22-36-30(37-32(29)46-2)23-13-7-5-8-14-23/h5-11,13-17,22,24-25,27-28H,3-4,12,18-21H2,1-2H3,(H,38,41)(H,39,43)/b15-9+/t24-,25+,27+,28+,35-/m0/s1. The minimum absolute atomic E-state index is 0.0598. The molecule has 252 valence electrons. The van der Waals surface area contributed by atoms with E-state index in [0.29, 0.717) is 12.4 Å². The van der Waals surface area contributed by atoms with Gasteiger partial charge in [0, 0.05) is 25.1 Å². The molecule has 3 aromatic rings. The second-order valence-electron chi connectivity index (χ2n) is 12.6. The Morgan fingerprint density at radius 3 is 2.46 bits per heavy atom. The van der Waals surface area contributed by atoms with Gasteiger partial charge in [0.1, 0.15) is 11.6 Å². The predicted molar refractivity (Wildman–Crippen MR) is 176 cm³/mol. The average Bonchev–Trinajstić information content (AvgIpc) is 3.63. The molecule has 0 spiro atoms. The number of nitrogens with one attached hydrogen (secondary N) is 2. The minimum atomic E-state index is -4.18. The lowest BCUT2D eigenvalue weighted by atomic mass is 9.93. The van der Waals surface area contributed by atoms with Crippen molar-refractivity contribution in [1.82, 2.24) is 24.9 Å². The molecule has 1 aromatic heterocycles. The van der Waals surface area contributed by atoms with Gasteiger partial charge in [-0.3, -0.25) is 14.4 Å². The van der Waals surface area contributed by atoms with Crippen LogP contribution in [0.2, 0.25) is 0 Å². The summed E-state index contributed by atoms with van der Waals surface area (Å²) in [6.07, 6.45) is 7.77. The first-order valence-corrected chi connectivity index (χ1v) is 17.6. The topological polar surface area (TPSA) is 157 Å². The summed E-state index contributed by atoms with van der Waals surface area (Å²) < 4.78 is 40.1. The van der Waals surface area contributed by atoms with E-state index < -0.39 is 51.2 Å². The molecule has 12 nitrogen and oxygen atoms in total. The zero-order chi connectivity index (χ0) is 33.9. The summed E-state index contributed by atoms with van der Waals surface area (Å²) in [5.74, 6) is -2.49. The Kier molecular flexibility index (Phi) is 9.49. The van der Waals surface area contributed by atoms with Gasteiger partial charge in [-0.25, -0.2) is 18.1 Å². The maximum atomic E-state index is 14.1. The van der Waals surface area contributed by atoms with Gasteiger partial charge in [-0.2, -0.15) is 4.98 Å². The maximum Gasteiger partial charge on any atom is 0.264 e. The lowest BCUT2D eigenvalue weighted by molar-refractivity contribution is -0.140. The third kappa shape index (κ3) is 6.91. The highest BCUT2D eigenvalue weighted by atomic mass is 32.2. The van der Waals surface area contributed by atoms with Gasteiger partial charge in [0.25, 0.3) is 21.8 Å². The first-order chi connectivity index (χ1) is 23.1. The van der Waals surface area contributed by atoms with Gasteiger partial charge in [0.15, 0.2) is 11.6 Å². The van der Waals surface area contributed by atoms with E-state index in [1.165, 1.54) is 25.4 Å². The zero-order valence-corrected chi connectivity index (χ0v) is 27.7. The highest BCUT2D eigenvalue weighted by molar-refractivity contribution is 7.90. The van der Waals surface area contributed by atoms with Crippen molar-refractivity contribution in [2.45, 2.75) is 55.1 Å². The second kappa shape index (κ2) is 13.8. The van der Waals surface area contributed by atoms with E-state index in [0.717, 1.165) is 24.8 Å². The van der Waals surface area contributed by atoms with Crippen molar-refractivity contribution in [3.8, 4) is 23.0 Å². The van der Waals surface area contributed by atoms with Crippen molar-refractivity contribution in [3.05, 3.63) is 79.0 Å². The number of carbonyl (C=O) groups is 3. The Labute approximate surface area is 280 Å². The molecule has 0 bridgehead atoms. The van der Waals surface area contributed by atoms with Crippen LogP contribution in [-0.4, -0.2) is 73.4 Å². The quantitative estimate of drug-likeness (QED) is 0.359. The van der Waals surface area contributed by atoms with Gasteiger partial charge >= 0.3 is 0 Å². The van der Waals surface area contributed by atoms with E-state index in [-0.39, 0.29) is 41.7 Å². The molecule has 6 rings (SSSR count). The molecule has 0 unspecified atom stereocenters. The number of benzene rings is 2. The van der Waals surface area contributed by atoms with Gasteiger partial charge < -0.3 is 19.7 Å². The van der Waals surface area contributed by atoms with Gasteiger partial charge in [0.05, 0.1) is 30.0 Å². The lowest BCUT2D eigenvalue weighted by Crippen LogP contribution is -2.54. The number of methoxy groups -OCH3 is 1. The van der Waals surface area contributed by atoms with Crippen molar-refractivity contribution in [2.24, 2.45) is 17.8 Å². The predicted octanol–water partition coefficient (Wildman–Crippen LogP) is 3.50. The van der Waals surface area contributed by atoms with Gasteiger partial charge in [-0.1, -0.05) is 60.7 Å². The van der Waals surface area contributed by atoms with Crippen LogP contribution in [0.1, 0.15) is 38.5 Å². The molecule has 2 heterocycles. The molecule has 3 amide bonds. The summed E-state index contributed by atoms with van der Waals surface area (Å²) in [5, 5.41) is 2.89. The molecule has 0 saturated heterocycles. The average molecular weight is 674 g/mol. The van der Waals surface area contributed by atoms with Crippen LogP contribution in [0, 0.1) is 17.8 Å². The highest BCUT2D eigenvalue weighted by Gasteiger charge is 2.61. The minimum Gasteiger partial charge on any atom is -0.483 e. The molecule has 3 aliphatic rings. The van der Waals surface area contributed by atoms with Crippen LogP contribution < -0.4 is 19.5 Å². The Hall–Kier alpha value is -4.78. The number of hydrogen-bond acceptors (Lipinski definition) is 9. The molecular weight excluding hydrogens is 634 g/mol. The normalized spacial score (nSPS) is 26.7. The Bertz CT molecular complexity index is 1800. The molecule has 1 aliphatic heterocycles. The van der Waals surface area contributed by atoms with Crippen LogP contribution in [0.25, 0.3) is 11.4 Å². The number of amides is 3. The van der Waals surface area contributed by atoms with E-state index in [2.05, 4.69) is 20.0 Å². The van der Waals surface area contributed by atoms with E-state index >= 15 is 0 Å². The second-order valence-corrected chi connectivity index (χ2v) is 14.2. The van der Waals surface area contributed by atoms with E-state index in [1.807, 2.05) is 42.5 Å². The number of ether oxygens (including phenoxy) is 2. The number of fused-ring (bicyclic) bond motifs is 2. The van der Waals surface area contributed by atoms with Crippen LogP contribution in [0.5, 0.6) is 11.6 Å². The molecule has 5 atom stereocenters. The largest absolute Gasteiger partial charge is 0.483 e. The number of carbonyl (C=O) groups excluding carboxylic acids is 3. The van der Waals surface area contributed by atoms with Gasteiger partial charge in [-0.15, -0.1) is 0 Å². The smallest absolute Gasteiger partial charge is 0.264 e. The molecule has 2 aliphatic carbocycles. The molecule has 0 radical (unpaired) electrons. The fraction of sp³-hybridized carbons (Fsp3) is 0.400. The first kappa shape index (κ1) is 33.1. The number of sulfonamides is 1. The summed E-state index contributed by atoms with van der Waals surface area (Å²) in [6, 6.07) is 17.0. The molecule has 2 saturated carbocycles. The third-order valence-electron chi connectivity index (χ3n) is 9.32. The van der Waals surface area contributed by atoms with E-state index in [9.17, 15) is 22.8 Å². The molecule has 2 aromatic carbocycles. The summed E-state index contributed by atoms with van der Waals surface area (Å²) >= 11 is 0. The highest BCUT2D eigenvalue weighted by Crippen LogP contribution is 2.47. The number of nitrogens with zero attached hydrogens (tertiary/aromatic N) is 3. The maximum absolute atomic E-state index is 14.1. The molecule has 48 heavy (non-hydrogen) atoms. The summed E-state index contributed by atoms with van der Waals surface area (Å²) in [5.41, 5.74) is -0.664. The third-order valence-corrected chi connectivity index (χ3v) is 10.7. The van der Waals surface area contributed by atoms with Crippen LogP contribution >= 0.6 is 0 Å². The van der Waals surface area contributed by atoms with Gasteiger partial charge in [-0.05, 0) is 50.7 Å². The fourth-order valence-electron chi connectivity index (χ4n) is 6.57. The fourth-order valence-corrected chi connectivity index (χ4v) is 7.63. The Morgan fingerprint density at radius 2 is 1.73 bits per heavy atom. The molecule has 13 heteroatoms. The van der Waals surface area contributed by atoms with Crippen LogP contribution in [-0.2, 0) is 24.4 Å². The van der Waals surface area contributed by atoms with Crippen LogP contribution in [0.15, 0.2) is 83.9 Å². The molecule has 2 fully saturated rings. The SMILES string of the molecule is COc1nc(-c2ccccc2)ncc1O[C@@H]1C[C@H]2C(=O)N[C@@]3(C(=O)NS(=O)(=O)c4ccccc4)C[C@@H]3/C=C/CCCCN(C)C(=O)[C@@H]2C1. The zero-order valence-electron chi connectivity index (χ0n) is 26.9. The van der Waals surface area contributed by atoms with E-state index in [4.69, 9.17) is 9.47 Å². The van der Waals surface area contributed by atoms with Crippen LogP contribution in [0.3, 0.4) is 0 Å². The van der Waals surface area contributed by atoms with Crippen LogP contribution in [0.4, 0.5) is 0 Å². The van der Waals surface area contributed by atoms with Crippen molar-refractivity contribution in [1.29, 1.82) is 0 Å². The Balaban J connectivity index is 1.25. The molecular formula is C35H39N5O7S. The molecule has 2 N–H and O–H groups in total. The van der Waals surface area contributed by atoms with Crippen molar-refractivity contribution in [2.75, 3.05) is 20.7 Å². The summed E-state index contributed by atoms with van der Waals surface area (Å²) in [7, 11) is -0.976. The van der Waals surface area contributed by atoms with E-state index in [1.54, 1.807) is 30.1 Å². The monoisotopic (exact) mass is 673 g/mol. The number of aromatic nitrogens is 2. The number of allylic oxidation sites excluding steroid dienone is 1. The van der Waals surface area contributed by atoms with Crippen molar-refractivity contribution in [3.63, 3.8) is 0 Å². The summed E-state index contributed by atoms with van der Waals surface area (Å²) in [4.78, 5) is 52.1. The van der Waals surface area contributed by atoms with Crippen molar-refractivity contribution >= 4 is 27.7 Å². The lowest BCUT2D eigenvalue weighted by Gasteiger charge is -2.26. The number of rotatable bonds is 7. The summed E-state index contributed by atoms with van der Waals surface area (Å²) in [6.45, 7) is 0.540.